The van der Waals surface area contributed by atoms with Gasteiger partial charge in [0, 0.05) is 28.5 Å². The number of nitrogens with zero attached hydrogens (tertiary/aromatic N) is 2. The molecule has 0 bridgehead atoms. The first-order valence-corrected chi connectivity index (χ1v) is 13.1. The van der Waals surface area contributed by atoms with Crippen molar-refractivity contribution >= 4 is 34.9 Å². The molecule has 0 saturated carbocycles. The van der Waals surface area contributed by atoms with E-state index in [1.807, 2.05) is 37.8 Å². The number of fused-ring (bicyclic) bond motifs is 1. The van der Waals surface area contributed by atoms with E-state index in [0.29, 0.717) is 36.4 Å². The zero-order chi connectivity index (χ0) is 24.9. The van der Waals surface area contributed by atoms with Gasteiger partial charge in [0.05, 0.1) is 6.04 Å². The number of ether oxygens (including phenoxy) is 1. The highest BCUT2D eigenvalue weighted by molar-refractivity contribution is 7.10. The van der Waals surface area contributed by atoms with Crippen LogP contribution in [0.1, 0.15) is 57.5 Å². The monoisotopic (exact) mass is 505 g/mol. The molecule has 1 N–H and O–H groups in total. The van der Waals surface area contributed by atoms with Gasteiger partial charge in [-0.1, -0.05) is 25.4 Å². The lowest BCUT2D eigenvalue weighted by Crippen LogP contribution is -2.53. The molecule has 2 heterocycles. The number of hydrogen-bond acceptors (Lipinski definition) is 4. The van der Waals surface area contributed by atoms with Gasteiger partial charge in [0.2, 0.25) is 5.91 Å². The standard InChI is InChI=1S/C26H36ClN3O3S/c1-18(2)10-13-29(25(32)28-26(3,4)5)16-24(31)30-14-11-23-21(12-15-34-23)22(30)17-33-20-8-6-19(27)7-9-20/h6-9,12,15,18,22H,10-11,13-14,16-17H2,1-5H3,(H,28,32). The predicted octanol–water partition coefficient (Wildman–Crippen LogP) is 5.76. The molecule has 1 unspecified atom stereocenters. The quantitative estimate of drug-likeness (QED) is 0.496. The maximum atomic E-state index is 13.6. The van der Waals surface area contributed by atoms with E-state index in [9.17, 15) is 9.59 Å². The summed E-state index contributed by atoms with van der Waals surface area (Å²) in [7, 11) is 0. The van der Waals surface area contributed by atoms with E-state index in [-0.39, 0.29) is 30.1 Å². The van der Waals surface area contributed by atoms with Crippen molar-refractivity contribution in [3.63, 3.8) is 0 Å². The lowest BCUT2D eigenvalue weighted by molar-refractivity contribution is -0.135. The van der Waals surface area contributed by atoms with Crippen LogP contribution in [-0.4, -0.2) is 53.5 Å². The van der Waals surface area contributed by atoms with Crippen LogP contribution < -0.4 is 10.1 Å². The van der Waals surface area contributed by atoms with Gasteiger partial charge in [-0.3, -0.25) is 4.79 Å². The van der Waals surface area contributed by atoms with Gasteiger partial charge in [-0.05, 0) is 80.8 Å². The summed E-state index contributed by atoms with van der Waals surface area (Å²) in [5.74, 6) is 1.08. The van der Waals surface area contributed by atoms with E-state index >= 15 is 0 Å². The van der Waals surface area contributed by atoms with Crippen molar-refractivity contribution < 1.29 is 14.3 Å². The number of thiophene rings is 1. The molecular weight excluding hydrogens is 470 g/mol. The van der Waals surface area contributed by atoms with Gasteiger partial charge >= 0.3 is 6.03 Å². The summed E-state index contributed by atoms with van der Waals surface area (Å²) in [4.78, 5) is 31.3. The second kappa shape index (κ2) is 11.5. The maximum Gasteiger partial charge on any atom is 0.318 e. The fourth-order valence-corrected chi connectivity index (χ4v) is 4.96. The first kappa shape index (κ1) is 26.4. The van der Waals surface area contributed by atoms with Crippen molar-refractivity contribution in [2.24, 2.45) is 5.92 Å². The van der Waals surface area contributed by atoms with Crippen molar-refractivity contribution in [2.45, 2.75) is 59.0 Å². The Morgan fingerprint density at radius 2 is 1.94 bits per heavy atom. The third-order valence-corrected chi connectivity index (χ3v) is 6.96. The molecule has 0 aliphatic carbocycles. The van der Waals surface area contributed by atoms with Gasteiger partial charge in [-0.2, -0.15) is 0 Å². The molecule has 6 nitrogen and oxygen atoms in total. The molecule has 1 aliphatic heterocycles. The first-order valence-electron chi connectivity index (χ1n) is 11.8. The molecule has 34 heavy (non-hydrogen) atoms. The van der Waals surface area contributed by atoms with Crippen molar-refractivity contribution in [3.05, 3.63) is 51.2 Å². The molecule has 1 atom stereocenters. The number of halogens is 1. The maximum absolute atomic E-state index is 13.6. The number of carbonyl (C=O) groups excluding carboxylic acids is 2. The van der Waals surface area contributed by atoms with Gasteiger partial charge in [0.1, 0.15) is 18.9 Å². The average molecular weight is 506 g/mol. The van der Waals surface area contributed by atoms with Crippen molar-refractivity contribution in [3.8, 4) is 5.75 Å². The van der Waals surface area contributed by atoms with Crippen LogP contribution in [0.4, 0.5) is 4.79 Å². The van der Waals surface area contributed by atoms with Crippen LogP contribution in [0.5, 0.6) is 5.75 Å². The van der Waals surface area contributed by atoms with Crippen molar-refractivity contribution in [1.82, 2.24) is 15.1 Å². The summed E-state index contributed by atoms with van der Waals surface area (Å²) >= 11 is 7.71. The van der Waals surface area contributed by atoms with Crippen LogP contribution in [0.25, 0.3) is 0 Å². The SMILES string of the molecule is CC(C)CCN(CC(=O)N1CCc2sccc2C1COc1ccc(Cl)cc1)C(=O)NC(C)(C)C. The largest absolute Gasteiger partial charge is 0.491 e. The number of benzene rings is 1. The molecular formula is C26H36ClN3O3S. The summed E-state index contributed by atoms with van der Waals surface area (Å²) in [5.41, 5.74) is 0.758. The molecule has 0 fully saturated rings. The summed E-state index contributed by atoms with van der Waals surface area (Å²) in [6, 6.07) is 8.92. The smallest absolute Gasteiger partial charge is 0.318 e. The number of nitrogens with one attached hydrogen (secondary N) is 1. The summed E-state index contributed by atoms with van der Waals surface area (Å²) < 4.78 is 6.06. The Bertz CT molecular complexity index is 968. The number of hydrogen-bond donors (Lipinski definition) is 1. The molecule has 1 aromatic carbocycles. The minimum absolute atomic E-state index is 0.0472. The molecule has 1 aromatic heterocycles. The zero-order valence-electron chi connectivity index (χ0n) is 20.8. The molecule has 186 valence electrons. The second-order valence-corrected chi connectivity index (χ2v) is 11.6. The van der Waals surface area contributed by atoms with Crippen molar-refractivity contribution in [1.29, 1.82) is 0 Å². The molecule has 0 saturated heterocycles. The number of urea groups is 1. The normalized spacial score (nSPS) is 15.7. The zero-order valence-corrected chi connectivity index (χ0v) is 22.3. The number of rotatable bonds is 8. The van der Waals surface area contributed by atoms with Crippen LogP contribution >= 0.6 is 22.9 Å². The van der Waals surface area contributed by atoms with E-state index in [4.69, 9.17) is 16.3 Å². The molecule has 1 aliphatic rings. The molecule has 0 radical (unpaired) electrons. The van der Waals surface area contributed by atoms with Crippen LogP contribution in [0, 0.1) is 5.92 Å². The summed E-state index contributed by atoms with van der Waals surface area (Å²) in [6.45, 7) is 11.6. The molecule has 0 spiro atoms. The predicted molar refractivity (Wildman–Crippen MR) is 139 cm³/mol. The Morgan fingerprint density at radius 3 is 2.59 bits per heavy atom. The van der Waals surface area contributed by atoms with E-state index in [2.05, 4.69) is 30.6 Å². The first-order chi connectivity index (χ1) is 16.0. The Labute approximate surface area is 212 Å². The minimum atomic E-state index is -0.373. The van der Waals surface area contributed by atoms with Gasteiger partial charge in [-0.25, -0.2) is 4.79 Å². The minimum Gasteiger partial charge on any atom is -0.491 e. The van der Waals surface area contributed by atoms with Gasteiger partial charge in [0.25, 0.3) is 0 Å². The van der Waals surface area contributed by atoms with Crippen molar-refractivity contribution in [2.75, 3.05) is 26.2 Å². The average Bonchev–Trinajstić information content (AvgIpc) is 3.23. The Morgan fingerprint density at radius 1 is 1.24 bits per heavy atom. The Hall–Kier alpha value is -2.25. The van der Waals surface area contributed by atoms with E-state index in [0.717, 1.165) is 18.4 Å². The molecule has 3 rings (SSSR count). The van der Waals surface area contributed by atoms with Gasteiger partial charge in [-0.15, -0.1) is 11.3 Å². The van der Waals surface area contributed by atoms with Crippen LogP contribution in [0.15, 0.2) is 35.7 Å². The van der Waals surface area contributed by atoms with Crippen LogP contribution in [0.2, 0.25) is 5.02 Å². The highest BCUT2D eigenvalue weighted by Gasteiger charge is 2.34. The van der Waals surface area contributed by atoms with E-state index in [1.165, 1.54) is 4.88 Å². The van der Waals surface area contributed by atoms with Crippen LogP contribution in [-0.2, 0) is 11.2 Å². The third kappa shape index (κ3) is 7.37. The van der Waals surface area contributed by atoms with Gasteiger partial charge in [0.15, 0.2) is 0 Å². The number of carbonyl (C=O) groups is 2. The Kier molecular flexibility index (Phi) is 8.88. The number of amides is 3. The topological polar surface area (TPSA) is 61.9 Å². The van der Waals surface area contributed by atoms with Crippen LogP contribution in [0.3, 0.4) is 0 Å². The fourth-order valence-electron chi connectivity index (χ4n) is 3.90. The fraction of sp³-hybridized carbons (Fsp3) is 0.538. The highest BCUT2D eigenvalue weighted by Crippen LogP contribution is 2.34. The molecule has 2 aromatic rings. The lowest BCUT2D eigenvalue weighted by Gasteiger charge is -2.37. The van der Waals surface area contributed by atoms with E-state index < -0.39 is 0 Å². The van der Waals surface area contributed by atoms with E-state index in [1.54, 1.807) is 28.4 Å². The highest BCUT2D eigenvalue weighted by atomic mass is 35.5. The molecule has 8 heteroatoms. The Balaban J connectivity index is 1.75. The lowest BCUT2D eigenvalue weighted by atomic mass is 10.0. The summed E-state index contributed by atoms with van der Waals surface area (Å²) in [5, 5.41) is 5.73. The van der Waals surface area contributed by atoms with Gasteiger partial charge < -0.3 is 19.9 Å². The summed E-state index contributed by atoms with van der Waals surface area (Å²) in [6.07, 6.45) is 1.65. The second-order valence-electron chi connectivity index (χ2n) is 10.2. The third-order valence-electron chi connectivity index (χ3n) is 5.71. The molecule has 3 amide bonds.